The first-order valence-electron chi connectivity index (χ1n) is 12.0. The van der Waals surface area contributed by atoms with E-state index < -0.39 is 49.2 Å². The minimum absolute atomic E-state index is 0.00211. The summed E-state index contributed by atoms with van der Waals surface area (Å²) in [6.07, 6.45) is 4.20. The van der Waals surface area contributed by atoms with E-state index in [2.05, 4.69) is 19.6 Å². The molecule has 192 valence electrons. The van der Waals surface area contributed by atoms with E-state index in [1.54, 1.807) is 0 Å². The van der Waals surface area contributed by atoms with Gasteiger partial charge in [-0.3, -0.25) is 0 Å². The molecule has 0 bridgehead atoms. The molecule has 1 fully saturated rings. The van der Waals surface area contributed by atoms with E-state index in [0.717, 1.165) is 19.3 Å². The number of carbonyl (C=O) groups is 2. The average Bonchev–Trinajstić information content (AvgIpc) is 2.62. The van der Waals surface area contributed by atoms with Crippen LogP contribution in [0.4, 0.5) is 0 Å². The lowest BCUT2D eigenvalue weighted by Crippen LogP contribution is -2.69. The number of aliphatic carboxylic acids is 2. The molecule has 2 atom stereocenters. The maximum Gasteiger partial charge on any atom is 0.334 e. The Bertz CT molecular complexity index is 736. The normalized spacial score (nSPS) is 21.2. The molecule has 0 aromatic heterocycles. The van der Waals surface area contributed by atoms with Crippen molar-refractivity contribution in [1.29, 1.82) is 0 Å². The lowest BCUT2D eigenvalue weighted by atomic mass is 9.76. The van der Waals surface area contributed by atoms with Gasteiger partial charge in [0.1, 0.15) is 15.7 Å². The fraction of sp³-hybridized carbons (Fsp3) is 0.818. The standard InChI is InChI=1S/C22H46O7Si4/c1-15(2)21(3,27-32(4,5)6)22(31-29-30,28-33(7,8)9)18(20(25)26)17(19(23)24)16-13-11-10-12-14-16/h15-16H,10-14,31H2,1-9,30H3,(H,23,24)(H,25,26)/b18-17-. The molecule has 0 heterocycles. The highest BCUT2D eigenvalue weighted by molar-refractivity contribution is 6.71. The third kappa shape index (κ3) is 7.45. The van der Waals surface area contributed by atoms with E-state index >= 15 is 0 Å². The Morgan fingerprint density at radius 2 is 1.42 bits per heavy atom. The molecular formula is C22H46O7Si4. The van der Waals surface area contributed by atoms with Gasteiger partial charge in [0.05, 0.1) is 16.7 Å². The van der Waals surface area contributed by atoms with Crippen molar-refractivity contribution in [2.24, 2.45) is 11.8 Å². The summed E-state index contributed by atoms with van der Waals surface area (Å²) >= 11 is 0. The van der Waals surface area contributed by atoms with Gasteiger partial charge in [-0.25, -0.2) is 9.59 Å². The Balaban J connectivity index is 4.19. The van der Waals surface area contributed by atoms with Crippen LogP contribution in [0.25, 0.3) is 0 Å². The zero-order valence-electron chi connectivity index (χ0n) is 22.3. The van der Waals surface area contributed by atoms with Crippen LogP contribution in [0.5, 0.6) is 0 Å². The Hall–Kier alpha value is -0.572. The van der Waals surface area contributed by atoms with Gasteiger partial charge < -0.3 is 23.2 Å². The van der Waals surface area contributed by atoms with Crippen molar-refractivity contribution in [3.8, 4) is 0 Å². The molecule has 2 unspecified atom stereocenters. The molecule has 0 amide bonds. The highest BCUT2D eigenvalue weighted by Crippen LogP contribution is 2.47. The molecule has 0 aliphatic heterocycles. The summed E-state index contributed by atoms with van der Waals surface area (Å²) in [5.74, 6) is -2.82. The number of hydrogen-bond acceptors (Lipinski definition) is 5. The maximum atomic E-state index is 13.1. The van der Waals surface area contributed by atoms with Crippen LogP contribution < -0.4 is 0 Å². The fourth-order valence-corrected chi connectivity index (χ4v) is 12.6. The smallest absolute Gasteiger partial charge is 0.334 e. The Morgan fingerprint density at radius 1 is 0.939 bits per heavy atom. The molecule has 0 saturated heterocycles. The van der Waals surface area contributed by atoms with E-state index in [-0.39, 0.29) is 23.0 Å². The van der Waals surface area contributed by atoms with Crippen LogP contribution in [0.15, 0.2) is 11.1 Å². The van der Waals surface area contributed by atoms with Crippen molar-refractivity contribution in [3.63, 3.8) is 0 Å². The monoisotopic (exact) mass is 534 g/mol. The third-order valence-corrected chi connectivity index (χ3v) is 11.4. The van der Waals surface area contributed by atoms with Gasteiger partial charge in [0.15, 0.2) is 26.4 Å². The fourth-order valence-electron chi connectivity index (χ4n) is 5.06. The van der Waals surface area contributed by atoms with E-state index in [1.807, 2.05) is 40.4 Å². The van der Waals surface area contributed by atoms with Gasteiger partial charge in [-0.05, 0) is 70.9 Å². The first-order chi connectivity index (χ1) is 14.9. The summed E-state index contributed by atoms with van der Waals surface area (Å²) in [5, 5.41) is 19.7. The molecule has 0 aromatic carbocycles. The predicted octanol–water partition coefficient (Wildman–Crippen LogP) is 3.23. The summed E-state index contributed by atoms with van der Waals surface area (Å²) in [6, 6.07) is 0. The first kappa shape index (κ1) is 30.5. The Kier molecular flexibility index (Phi) is 10.6. The summed E-state index contributed by atoms with van der Waals surface area (Å²) in [5.41, 5.74) is -1.17. The van der Waals surface area contributed by atoms with Crippen LogP contribution >= 0.6 is 0 Å². The Morgan fingerprint density at radius 3 is 1.76 bits per heavy atom. The summed E-state index contributed by atoms with van der Waals surface area (Å²) in [6.45, 7) is 18.2. The molecule has 11 heteroatoms. The van der Waals surface area contributed by atoms with E-state index in [4.69, 9.17) is 13.0 Å². The van der Waals surface area contributed by atoms with Crippen molar-refractivity contribution in [2.45, 2.75) is 103 Å². The minimum Gasteiger partial charge on any atom is -0.478 e. The molecule has 1 rings (SSSR count). The van der Waals surface area contributed by atoms with Gasteiger partial charge in [-0.2, -0.15) is 0 Å². The largest absolute Gasteiger partial charge is 0.478 e. The molecule has 1 saturated carbocycles. The molecule has 0 spiro atoms. The van der Waals surface area contributed by atoms with Crippen molar-refractivity contribution < 1.29 is 32.8 Å². The lowest BCUT2D eigenvalue weighted by Gasteiger charge is -2.55. The summed E-state index contributed by atoms with van der Waals surface area (Å²) in [7, 11) is -5.87. The highest BCUT2D eigenvalue weighted by atomic mass is 28.4. The molecule has 1 aliphatic carbocycles. The van der Waals surface area contributed by atoms with Crippen LogP contribution in [0, 0.1) is 11.8 Å². The van der Waals surface area contributed by atoms with Gasteiger partial charge in [0.2, 0.25) is 0 Å². The highest BCUT2D eigenvalue weighted by Gasteiger charge is 2.61. The van der Waals surface area contributed by atoms with E-state index in [0.29, 0.717) is 23.3 Å². The quantitative estimate of drug-likeness (QED) is 0.293. The summed E-state index contributed by atoms with van der Waals surface area (Å²) in [4.78, 5) is 25.8. The van der Waals surface area contributed by atoms with Crippen molar-refractivity contribution in [2.75, 3.05) is 0 Å². The molecule has 33 heavy (non-hydrogen) atoms. The van der Waals surface area contributed by atoms with Crippen LogP contribution in [-0.2, 0) is 22.6 Å². The average molecular weight is 535 g/mol. The SMILES string of the molecule is CC(C)C(C)(O[Si](C)(C)C)C(O[Si](C)(C)C)([SiH2]O[SiH3])/C(C(=O)O)=C(\C(=O)O)C1CCCCC1. The first-order valence-corrected chi connectivity index (χ1v) is 20.9. The second-order valence-corrected chi connectivity index (χ2v) is 24.1. The van der Waals surface area contributed by atoms with Crippen LogP contribution in [0.3, 0.4) is 0 Å². The molecular weight excluding hydrogens is 489 g/mol. The van der Waals surface area contributed by atoms with Gasteiger partial charge in [0.25, 0.3) is 0 Å². The zero-order valence-corrected chi connectivity index (χ0v) is 27.7. The van der Waals surface area contributed by atoms with Crippen molar-refractivity contribution in [3.05, 3.63) is 11.1 Å². The van der Waals surface area contributed by atoms with E-state index in [1.165, 1.54) is 0 Å². The zero-order chi connectivity index (χ0) is 25.8. The number of rotatable bonds is 12. The molecule has 1 aliphatic rings. The van der Waals surface area contributed by atoms with Crippen LogP contribution in [0.2, 0.25) is 39.3 Å². The number of carboxylic acid groups (broad SMARTS) is 2. The van der Waals surface area contributed by atoms with Crippen LogP contribution in [0.1, 0.15) is 52.9 Å². The van der Waals surface area contributed by atoms with Crippen LogP contribution in [-0.4, -0.2) is 69.9 Å². The third-order valence-electron chi connectivity index (χ3n) is 6.38. The molecule has 0 aromatic rings. The van der Waals surface area contributed by atoms with Crippen molar-refractivity contribution in [1.82, 2.24) is 0 Å². The predicted molar refractivity (Wildman–Crippen MR) is 143 cm³/mol. The van der Waals surface area contributed by atoms with Gasteiger partial charge >= 0.3 is 11.9 Å². The summed E-state index contributed by atoms with van der Waals surface area (Å²) < 4.78 is 19.6. The van der Waals surface area contributed by atoms with Gasteiger partial charge in [-0.15, -0.1) is 0 Å². The number of hydrogen-bond donors (Lipinski definition) is 2. The lowest BCUT2D eigenvalue weighted by molar-refractivity contribution is -0.142. The van der Waals surface area contributed by atoms with Gasteiger partial charge in [-0.1, -0.05) is 33.1 Å². The minimum atomic E-state index is -2.38. The topological polar surface area (TPSA) is 102 Å². The molecule has 2 N–H and O–H groups in total. The molecule has 0 radical (unpaired) electrons. The van der Waals surface area contributed by atoms with E-state index in [9.17, 15) is 19.8 Å². The maximum absolute atomic E-state index is 13.1. The molecule has 7 nitrogen and oxygen atoms in total. The second kappa shape index (κ2) is 11.4. The van der Waals surface area contributed by atoms with Gasteiger partial charge in [0, 0.05) is 0 Å². The number of carboxylic acids is 2. The second-order valence-electron chi connectivity index (χ2n) is 11.7. The van der Waals surface area contributed by atoms with Crippen molar-refractivity contribution >= 4 is 48.8 Å². The Labute approximate surface area is 207 Å².